The zero-order chi connectivity index (χ0) is 25.8. The van der Waals surface area contributed by atoms with Crippen molar-refractivity contribution in [1.82, 2.24) is 14.5 Å². The highest BCUT2D eigenvalue weighted by atomic mass is 16.2. The van der Waals surface area contributed by atoms with Gasteiger partial charge in [0.15, 0.2) is 5.69 Å². The first-order valence-corrected chi connectivity index (χ1v) is 12.2. The monoisotopic (exact) mass is 485 g/mol. The van der Waals surface area contributed by atoms with Gasteiger partial charge in [-0.2, -0.15) is 0 Å². The Labute approximate surface area is 209 Å². The number of unbranched alkanes of at least 4 members (excludes halogenated alkanes) is 1. The lowest BCUT2D eigenvalue weighted by molar-refractivity contribution is 0.0985. The Morgan fingerprint density at radius 1 is 1.08 bits per heavy atom. The van der Waals surface area contributed by atoms with E-state index < -0.39 is 11.2 Å². The number of fused-ring (bicyclic) bond motifs is 1. The minimum Gasteiger partial charge on any atom is -0.383 e. The average Bonchev–Trinajstić information content (AvgIpc) is 2.87. The molecule has 0 fully saturated rings. The molecule has 2 heterocycles. The lowest BCUT2D eigenvalue weighted by Crippen LogP contribution is -2.42. The smallest absolute Gasteiger partial charge is 0.330 e. The SMILES string of the molecule is CCCCn1c(N)c(N(CC(C)C)C(=O)c2cc(-c3ccccc3)nc3ccccc23)c(=O)[nH]c1=O. The molecule has 0 aliphatic heterocycles. The number of nitrogens with two attached hydrogens (primary N) is 1. The Morgan fingerprint density at radius 3 is 2.47 bits per heavy atom. The second kappa shape index (κ2) is 10.6. The fraction of sp³-hybridized carbons (Fsp3) is 0.286. The van der Waals surface area contributed by atoms with Crippen LogP contribution in [0.25, 0.3) is 22.2 Å². The lowest BCUT2D eigenvalue weighted by Gasteiger charge is -2.27. The van der Waals surface area contributed by atoms with Crippen LogP contribution >= 0.6 is 0 Å². The number of nitrogens with zero attached hydrogens (tertiary/aromatic N) is 3. The first kappa shape index (κ1) is 24.9. The second-order valence-corrected chi connectivity index (χ2v) is 9.25. The molecule has 186 valence electrons. The van der Waals surface area contributed by atoms with Crippen molar-refractivity contribution >= 4 is 28.3 Å². The van der Waals surface area contributed by atoms with Crippen LogP contribution in [0.15, 0.2) is 70.3 Å². The summed E-state index contributed by atoms with van der Waals surface area (Å²) in [5.41, 5.74) is 7.72. The minimum absolute atomic E-state index is 0.00663. The van der Waals surface area contributed by atoms with E-state index in [9.17, 15) is 14.4 Å². The zero-order valence-corrected chi connectivity index (χ0v) is 20.8. The summed E-state index contributed by atoms with van der Waals surface area (Å²) in [5, 5.41) is 0.672. The van der Waals surface area contributed by atoms with Crippen LogP contribution < -0.4 is 21.9 Å². The van der Waals surface area contributed by atoms with Crippen LogP contribution in [0.2, 0.25) is 0 Å². The summed E-state index contributed by atoms with van der Waals surface area (Å²) in [7, 11) is 0. The van der Waals surface area contributed by atoms with Crippen LogP contribution in [0.4, 0.5) is 11.5 Å². The third-order valence-corrected chi connectivity index (χ3v) is 6.03. The van der Waals surface area contributed by atoms with Gasteiger partial charge < -0.3 is 10.6 Å². The Morgan fingerprint density at radius 2 is 1.78 bits per heavy atom. The highest BCUT2D eigenvalue weighted by molar-refractivity contribution is 6.15. The summed E-state index contributed by atoms with van der Waals surface area (Å²) in [4.78, 5) is 48.3. The van der Waals surface area contributed by atoms with Crippen LogP contribution in [0, 0.1) is 5.92 Å². The third-order valence-electron chi connectivity index (χ3n) is 6.03. The number of nitrogen functional groups attached to an aromatic ring is 1. The maximum Gasteiger partial charge on any atom is 0.330 e. The molecule has 0 saturated heterocycles. The number of para-hydroxylation sites is 1. The molecule has 4 rings (SSSR count). The van der Waals surface area contributed by atoms with Crippen molar-refractivity contribution in [3.8, 4) is 11.3 Å². The van der Waals surface area contributed by atoms with E-state index in [1.165, 1.54) is 9.47 Å². The van der Waals surface area contributed by atoms with Crippen molar-refractivity contribution in [2.45, 2.75) is 40.2 Å². The fourth-order valence-corrected chi connectivity index (χ4v) is 4.27. The first-order chi connectivity index (χ1) is 17.3. The maximum atomic E-state index is 14.2. The number of hydrogen-bond acceptors (Lipinski definition) is 5. The van der Waals surface area contributed by atoms with Gasteiger partial charge in [0.25, 0.3) is 11.5 Å². The topological polar surface area (TPSA) is 114 Å². The van der Waals surface area contributed by atoms with Crippen molar-refractivity contribution in [2.24, 2.45) is 5.92 Å². The molecular weight excluding hydrogens is 454 g/mol. The Bertz CT molecular complexity index is 1510. The van der Waals surface area contributed by atoms with Crippen molar-refractivity contribution in [3.63, 3.8) is 0 Å². The highest BCUT2D eigenvalue weighted by Crippen LogP contribution is 2.28. The van der Waals surface area contributed by atoms with E-state index in [1.54, 1.807) is 6.07 Å². The standard InChI is InChI=1S/C28H31N5O3/c1-4-5-15-32-25(29)24(26(34)31-28(32)36)33(17-18(2)3)27(35)21-16-23(19-11-7-6-8-12-19)30-22-14-10-9-13-20(21)22/h6-14,16,18H,4-5,15,17,29H2,1-3H3,(H,31,34,36). The molecule has 0 unspecified atom stereocenters. The van der Waals surface area contributed by atoms with Gasteiger partial charge in [0.05, 0.1) is 16.8 Å². The maximum absolute atomic E-state index is 14.2. The molecule has 0 aliphatic carbocycles. The highest BCUT2D eigenvalue weighted by Gasteiger charge is 2.27. The molecule has 0 atom stereocenters. The van der Waals surface area contributed by atoms with Crippen molar-refractivity contribution in [2.75, 3.05) is 17.2 Å². The molecule has 36 heavy (non-hydrogen) atoms. The molecule has 0 saturated carbocycles. The van der Waals surface area contributed by atoms with Gasteiger partial charge in [-0.25, -0.2) is 9.78 Å². The van der Waals surface area contributed by atoms with E-state index in [-0.39, 0.29) is 29.9 Å². The summed E-state index contributed by atoms with van der Waals surface area (Å²) in [6.07, 6.45) is 1.56. The summed E-state index contributed by atoms with van der Waals surface area (Å²) in [6.45, 7) is 6.51. The van der Waals surface area contributed by atoms with E-state index in [2.05, 4.69) is 4.98 Å². The van der Waals surface area contributed by atoms with Crippen LogP contribution in [0.3, 0.4) is 0 Å². The molecule has 2 aromatic carbocycles. The summed E-state index contributed by atoms with van der Waals surface area (Å²) < 4.78 is 1.33. The van der Waals surface area contributed by atoms with Gasteiger partial charge >= 0.3 is 5.69 Å². The summed E-state index contributed by atoms with van der Waals surface area (Å²) in [5.74, 6) is -0.351. The van der Waals surface area contributed by atoms with Crippen LogP contribution in [-0.4, -0.2) is 27.0 Å². The third kappa shape index (κ3) is 4.93. The number of carbonyl (C=O) groups excluding carboxylic acids is 1. The minimum atomic E-state index is -0.680. The molecule has 0 radical (unpaired) electrons. The van der Waals surface area contributed by atoms with Gasteiger partial charge in [-0.3, -0.25) is 19.1 Å². The molecule has 3 N–H and O–H groups in total. The number of nitrogens with one attached hydrogen (secondary N) is 1. The zero-order valence-electron chi connectivity index (χ0n) is 20.8. The molecule has 4 aromatic rings. The van der Waals surface area contributed by atoms with Gasteiger partial charge in [-0.1, -0.05) is 75.7 Å². The number of aromatic amines is 1. The predicted molar refractivity (Wildman–Crippen MR) is 144 cm³/mol. The molecule has 2 aromatic heterocycles. The number of anilines is 2. The van der Waals surface area contributed by atoms with Gasteiger partial charge in [-0.05, 0) is 24.5 Å². The fourth-order valence-electron chi connectivity index (χ4n) is 4.27. The summed E-state index contributed by atoms with van der Waals surface area (Å²) >= 11 is 0. The first-order valence-electron chi connectivity index (χ1n) is 12.2. The predicted octanol–water partition coefficient (Wildman–Crippen LogP) is 4.44. The van der Waals surface area contributed by atoms with Gasteiger partial charge in [0.1, 0.15) is 5.82 Å². The number of aromatic nitrogens is 3. The van der Waals surface area contributed by atoms with Crippen LogP contribution in [0.1, 0.15) is 44.0 Å². The van der Waals surface area contributed by atoms with Gasteiger partial charge in [0.2, 0.25) is 0 Å². The summed E-state index contributed by atoms with van der Waals surface area (Å²) in [6, 6.07) is 18.8. The molecule has 0 spiro atoms. The number of rotatable bonds is 8. The van der Waals surface area contributed by atoms with E-state index in [1.807, 2.05) is 75.4 Å². The normalized spacial score (nSPS) is 11.2. The lowest BCUT2D eigenvalue weighted by atomic mass is 10.0. The quantitative estimate of drug-likeness (QED) is 0.383. The van der Waals surface area contributed by atoms with Crippen molar-refractivity contribution in [1.29, 1.82) is 0 Å². The molecule has 8 heteroatoms. The molecule has 8 nitrogen and oxygen atoms in total. The van der Waals surface area contributed by atoms with E-state index in [0.717, 1.165) is 12.0 Å². The molecule has 0 bridgehead atoms. The van der Waals surface area contributed by atoms with Crippen molar-refractivity contribution < 1.29 is 4.79 Å². The van der Waals surface area contributed by atoms with Crippen LogP contribution in [-0.2, 0) is 6.54 Å². The van der Waals surface area contributed by atoms with Crippen LogP contribution in [0.5, 0.6) is 0 Å². The van der Waals surface area contributed by atoms with E-state index in [0.29, 0.717) is 35.1 Å². The Balaban J connectivity index is 1.93. The number of benzene rings is 2. The molecule has 1 amide bonds. The Hall–Kier alpha value is -4.20. The second-order valence-electron chi connectivity index (χ2n) is 9.25. The number of carbonyl (C=O) groups is 1. The van der Waals surface area contributed by atoms with E-state index in [4.69, 9.17) is 10.7 Å². The van der Waals surface area contributed by atoms with E-state index >= 15 is 0 Å². The average molecular weight is 486 g/mol. The number of pyridine rings is 1. The number of hydrogen-bond donors (Lipinski definition) is 2. The largest absolute Gasteiger partial charge is 0.383 e. The molecular formula is C28H31N5O3. The Kier molecular flexibility index (Phi) is 7.33. The van der Waals surface area contributed by atoms with Gasteiger partial charge in [-0.15, -0.1) is 0 Å². The van der Waals surface area contributed by atoms with Crippen molar-refractivity contribution in [3.05, 3.63) is 87.1 Å². The molecule has 0 aliphatic rings. The number of amides is 1. The number of H-pyrrole nitrogens is 1. The van der Waals surface area contributed by atoms with Gasteiger partial charge in [0, 0.05) is 24.0 Å².